The van der Waals surface area contributed by atoms with E-state index in [1.165, 1.54) is 6.20 Å². The van der Waals surface area contributed by atoms with E-state index in [1.54, 1.807) is 33.5 Å². The van der Waals surface area contributed by atoms with E-state index in [2.05, 4.69) is 20.4 Å². The Labute approximate surface area is 133 Å². The fourth-order valence-electron chi connectivity index (χ4n) is 1.40. The zero-order valence-electron chi connectivity index (χ0n) is 10.8. The molecule has 0 amide bonds. The summed E-state index contributed by atoms with van der Waals surface area (Å²) in [6.07, 6.45) is 3.06. The van der Waals surface area contributed by atoms with E-state index in [4.69, 9.17) is 16.3 Å². The van der Waals surface area contributed by atoms with Crippen molar-refractivity contribution in [1.29, 1.82) is 0 Å². The van der Waals surface area contributed by atoms with E-state index in [-0.39, 0.29) is 17.5 Å². The zero-order valence-corrected chi connectivity index (χ0v) is 13.7. The molecule has 0 radical (unpaired) electrons. The minimum atomic E-state index is -1.13. The molecule has 1 atom stereocenters. The molecule has 108 valence electrons. The van der Waals surface area contributed by atoms with Gasteiger partial charge in [0.15, 0.2) is 4.18 Å². The second kappa shape index (κ2) is 6.53. The predicted molar refractivity (Wildman–Crippen MR) is 82.7 cm³/mol. The fourth-order valence-corrected chi connectivity index (χ4v) is 1.72. The monoisotopic (exact) mass is 411 g/mol. The lowest BCUT2D eigenvalue weighted by Gasteiger charge is -2.09. The average Bonchev–Trinajstić information content (AvgIpc) is 2.71. The minimum Gasteiger partial charge on any atom is -0.473 e. The van der Waals surface area contributed by atoms with Crippen molar-refractivity contribution in [2.24, 2.45) is 7.05 Å². The topological polar surface area (TPSA) is 64.9 Å². The highest BCUT2D eigenvalue weighted by Crippen LogP contribution is 2.24. The molecule has 0 aliphatic carbocycles. The Kier molecular flexibility index (Phi) is 4.97. The van der Waals surface area contributed by atoms with Crippen molar-refractivity contribution in [3.05, 3.63) is 23.1 Å². The molecular formula is C11H12ClFIN5O. The molecule has 2 rings (SSSR count). The summed E-state index contributed by atoms with van der Waals surface area (Å²) in [5.74, 6) is 0.453. The Bertz CT molecular complexity index is 606. The lowest BCUT2D eigenvalue weighted by molar-refractivity contribution is 0.254. The molecular weight excluding hydrogens is 400 g/mol. The van der Waals surface area contributed by atoms with Crippen LogP contribution in [0.1, 0.15) is 5.69 Å². The molecule has 0 aromatic carbocycles. The molecule has 0 aliphatic heterocycles. The maximum Gasteiger partial charge on any atom is 0.237 e. The number of nitrogens with zero attached hydrogens (tertiary/aromatic N) is 4. The third-order valence-electron chi connectivity index (χ3n) is 2.54. The van der Waals surface area contributed by atoms with Gasteiger partial charge in [0.2, 0.25) is 11.8 Å². The molecule has 0 saturated heterocycles. The summed E-state index contributed by atoms with van der Waals surface area (Å²) in [6.45, 7) is 1.79. The first-order valence-electron chi connectivity index (χ1n) is 5.66. The number of aromatic nitrogens is 4. The second-order valence-electron chi connectivity index (χ2n) is 3.94. The maximum absolute atomic E-state index is 12.8. The lowest BCUT2D eigenvalue weighted by Crippen LogP contribution is -2.08. The fraction of sp³-hybridized carbons (Fsp3) is 0.364. The lowest BCUT2D eigenvalue weighted by atomic mass is 10.4. The van der Waals surface area contributed by atoms with Gasteiger partial charge in [-0.1, -0.05) is 11.6 Å². The minimum absolute atomic E-state index is 0.122. The van der Waals surface area contributed by atoms with E-state index < -0.39 is 4.18 Å². The van der Waals surface area contributed by atoms with Crippen LogP contribution < -0.4 is 10.1 Å². The molecule has 2 heterocycles. The van der Waals surface area contributed by atoms with Crippen molar-refractivity contribution >= 4 is 45.8 Å². The summed E-state index contributed by atoms with van der Waals surface area (Å²) < 4.78 is 18.5. The molecule has 9 heteroatoms. The van der Waals surface area contributed by atoms with Gasteiger partial charge in [-0.25, -0.2) is 9.37 Å². The Morgan fingerprint density at radius 1 is 1.55 bits per heavy atom. The number of alkyl halides is 2. The standard InChI is InChI=1S/C11H12ClFIN5O/c1-6-8(4-16-19(6)2)17-11-15-3-7(12)10(18-11)20-5-9(13)14/h3-4,9H,5H2,1-2H3,(H,15,17,18). The van der Waals surface area contributed by atoms with Crippen LogP contribution in [0.25, 0.3) is 0 Å². The van der Waals surface area contributed by atoms with E-state index in [1.807, 2.05) is 14.0 Å². The predicted octanol–water partition coefficient (Wildman–Crippen LogP) is 3.02. The van der Waals surface area contributed by atoms with Crippen LogP contribution in [0.15, 0.2) is 12.4 Å². The molecule has 20 heavy (non-hydrogen) atoms. The van der Waals surface area contributed by atoms with Crippen LogP contribution in [-0.4, -0.2) is 30.5 Å². The van der Waals surface area contributed by atoms with Crippen molar-refractivity contribution in [1.82, 2.24) is 19.7 Å². The third-order valence-corrected chi connectivity index (χ3v) is 3.16. The SMILES string of the molecule is Cc1c(Nc2ncc(Cl)c(OCC(F)I)n2)cnn1C. The van der Waals surface area contributed by atoms with Crippen molar-refractivity contribution in [2.75, 3.05) is 11.9 Å². The van der Waals surface area contributed by atoms with Crippen LogP contribution in [0, 0.1) is 6.92 Å². The molecule has 0 fully saturated rings. The van der Waals surface area contributed by atoms with Gasteiger partial charge in [-0.3, -0.25) is 4.68 Å². The first-order chi connectivity index (χ1) is 9.47. The summed E-state index contributed by atoms with van der Waals surface area (Å²) >= 11 is 7.51. The van der Waals surface area contributed by atoms with Crippen molar-refractivity contribution < 1.29 is 9.13 Å². The van der Waals surface area contributed by atoms with Gasteiger partial charge in [0.1, 0.15) is 11.6 Å². The van der Waals surface area contributed by atoms with Gasteiger partial charge in [0.25, 0.3) is 0 Å². The van der Waals surface area contributed by atoms with Crippen LogP contribution in [0.5, 0.6) is 5.88 Å². The number of rotatable bonds is 5. The smallest absolute Gasteiger partial charge is 0.237 e. The highest BCUT2D eigenvalue weighted by Gasteiger charge is 2.11. The molecule has 0 aliphatic rings. The summed E-state index contributed by atoms with van der Waals surface area (Å²) in [7, 11) is 1.83. The Morgan fingerprint density at radius 3 is 2.90 bits per heavy atom. The Morgan fingerprint density at radius 2 is 2.30 bits per heavy atom. The summed E-state index contributed by atoms with van der Waals surface area (Å²) in [5, 5.41) is 7.34. The highest BCUT2D eigenvalue weighted by atomic mass is 127. The number of hydrogen-bond acceptors (Lipinski definition) is 5. The normalized spacial score (nSPS) is 12.2. The highest BCUT2D eigenvalue weighted by molar-refractivity contribution is 14.1. The maximum atomic E-state index is 12.8. The van der Waals surface area contributed by atoms with E-state index in [9.17, 15) is 4.39 Å². The average molecular weight is 412 g/mol. The molecule has 1 unspecified atom stereocenters. The molecule has 0 bridgehead atoms. The van der Waals surface area contributed by atoms with Gasteiger partial charge in [0.05, 0.1) is 23.8 Å². The zero-order chi connectivity index (χ0) is 14.7. The van der Waals surface area contributed by atoms with Crippen LogP contribution in [0.2, 0.25) is 5.02 Å². The van der Waals surface area contributed by atoms with E-state index in [0.717, 1.165) is 11.4 Å². The Balaban J connectivity index is 2.16. The van der Waals surface area contributed by atoms with Gasteiger partial charge in [-0.05, 0) is 29.5 Å². The summed E-state index contributed by atoms with van der Waals surface area (Å²) in [5.41, 5.74) is 1.71. The molecule has 6 nitrogen and oxygen atoms in total. The van der Waals surface area contributed by atoms with Crippen LogP contribution in [0.4, 0.5) is 16.0 Å². The third kappa shape index (κ3) is 3.69. The number of aryl methyl sites for hydroxylation is 1. The first kappa shape index (κ1) is 15.2. The van der Waals surface area contributed by atoms with Gasteiger partial charge < -0.3 is 10.1 Å². The summed E-state index contributed by atoms with van der Waals surface area (Å²) in [4.78, 5) is 8.15. The van der Waals surface area contributed by atoms with Gasteiger partial charge >= 0.3 is 0 Å². The van der Waals surface area contributed by atoms with Gasteiger partial charge in [-0.15, -0.1) is 0 Å². The molecule has 2 aromatic heterocycles. The molecule has 0 spiro atoms. The number of ether oxygens (including phenoxy) is 1. The van der Waals surface area contributed by atoms with E-state index in [0.29, 0.717) is 5.95 Å². The van der Waals surface area contributed by atoms with Crippen molar-refractivity contribution in [3.63, 3.8) is 0 Å². The number of halogens is 3. The first-order valence-corrected chi connectivity index (χ1v) is 7.29. The van der Waals surface area contributed by atoms with E-state index >= 15 is 0 Å². The van der Waals surface area contributed by atoms with Gasteiger partial charge in [0, 0.05) is 7.05 Å². The number of anilines is 2. The second-order valence-corrected chi connectivity index (χ2v) is 5.70. The Hall–Kier alpha value is -1.16. The van der Waals surface area contributed by atoms with Crippen molar-refractivity contribution in [2.45, 2.75) is 11.1 Å². The van der Waals surface area contributed by atoms with Gasteiger partial charge in [-0.2, -0.15) is 10.1 Å². The molecule has 1 N–H and O–H groups in total. The van der Waals surface area contributed by atoms with Crippen LogP contribution in [-0.2, 0) is 7.05 Å². The van der Waals surface area contributed by atoms with Crippen LogP contribution >= 0.6 is 34.2 Å². The molecule has 0 saturated carbocycles. The van der Waals surface area contributed by atoms with Crippen molar-refractivity contribution in [3.8, 4) is 5.88 Å². The largest absolute Gasteiger partial charge is 0.473 e. The molecule has 2 aromatic rings. The number of nitrogens with one attached hydrogen (secondary N) is 1. The number of hydrogen-bond donors (Lipinski definition) is 1. The quantitative estimate of drug-likeness (QED) is 0.605. The summed E-state index contributed by atoms with van der Waals surface area (Å²) in [6, 6.07) is 0. The van der Waals surface area contributed by atoms with Crippen LogP contribution in [0.3, 0.4) is 0 Å².